The maximum atomic E-state index is 12.6. The van der Waals surface area contributed by atoms with Gasteiger partial charge in [0.2, 0.25) is 0 Å². The smallest absolute Gasteiger partial charge is 0.316 e. The van der Waals surface area contributed by atoms with Crippen molar-refractivity contribution in [3.8, 4) is 5.75 Å². The van der Waals surface area contributed by atoms with Gasteiger partial charge in [-0.2, -0.15) is 4.21 Å². The van der Waals surface area contributed by atoms with E-state index in [1.807, 2.05) is 19.1 Å². The summed E-state index contributed by atoms with van der Waals surface area (Å²) < 4.78 is 25.0. The summed E-state index contributed by atoms with van der Waals surface area (Å²) in [5, 5.41) is 0. The van der Waals surface area contributed by atoms with Crippen molar-refractivity contribution >= 4 is 28.7 Å². The van der Waals surface area contributed by atoms with Gasteiger partial charge in [-0.15, -0.1) is 0 Å². The molecule has 1 fully saturated rings. The summed E-state index contributed by atoms with van der Waals surface area (Å²) in [5.74, 6) is -1.23. The Kier molecular flexibility index (Phi) is 5.14. The molecule has 2 atom stereocenters. The van der Waals surface area contributed by atoms with Gasteiger partial charge < -0.3 is 8.92 Å². The number of carbonyl (C=O) groups is 2. The molecule has 0 spiro atoms. The van der Waals surface area contributed by atoms with Gasteiger partial charge in [-0.3, -0.25) is 14.3 Å². The van der Waals surface area contributed by atoms with Gasteiger partial charge in [0.1, 0.15) is 11.7 Å². The summed E-state index contributed by atoms with van der Waals surface area (Å²) in [7, 11) is 0. The van der Waals surface area contributed by atoms with Crippen LogP contribution in [0.25, 0.3) is 0 Å². The maximum absolute atomic E-state index is 12.6. The highest BCUT2D eigenvalue weighted by atomic mass is 32.2. The standard InChI is InChI=1S/C18H17NO5S/c1-12-6-8-13(9-7-12)24-25(22)19-16-5-3-2-4-14(16)17(20)15-10-11-23-18(15)21/h2-9,15,19H,10-11H2,1H3. The SMILES string of the molecule is Cc1ccc(OS(=O)Nc2ccccc2C(=O)C2CCOC2=O)cc1. The van der Waals surface area contributed by atoms with Gasteiger partial charge in [0.05, 0.1) is 12.3 Å². The van der Waals surface area contributed by atoms with Crippen molar-refractivity contribution in [2.75, 3.05) is 11.3 Å². The third-order valence-electron chi connectivity index (χ3n) is 3.83. The number of ether oxygens (including phenoxy) is 1. The average Bonchev–Trinajstić information content (AvgIpc) is 3.03. The first-order valence-corrected chi connectivity index (χ1v) is 8.85. The average molecular weight is 359 g/mol. The Morgan fingerprint density at radius 3 is 2.60 bits per heavy atom. The predicted octanol–water partition coefficient (Wildman–Crippen LogP) is 2.81. The monoisotopic (exact) mass is 359 g/mol. The zero-order valence-corrected chi connectivity index (χ0v) is 14.4. The number of esters is 1. The Hall–Kier alpha value is -2.67. The van der Waals surface area contributed by atoms with Gasteiger partial charge in [-0.25, -0.2) is 0 Å². The third kappa shape index (κ3) is 4.06. The van der Waals surface area contributed by atoms with Crippen molar-refractivity contribution in [3.05, 3.63) is 59.7 Å². The number of carbonyl (C=O) groups excluding carboxylic acids is 2. The fourth-order valence-electron chi connectivity index (χ4n) is 2.50. The van der Waals surface area contributed by atoms with Gasteiger partial charge in [0.25, 0.3) is 0 Å². The van der Waals surface area contributed by atoms with Crippen molar-refractivity contribution in [1.82, 2.24) is 0 Å². The molecule has 0 amide bonds. The molecule has 1 saturated heterocycles. The van der Waals surface area contributed by atoms with E-state index < -0.39 is 23.2 Å². The van der Waals surface area contributed by atoms with Gasteiger partial charge in [-0.05, 0) is 31.2 Å². The molecule has 2 aromatic rings. The van der Waals surface area contributed by atoms with Crippen molar-refractivity contribution in [2.24, 2.45) is 5.92 Å². The number of rotatable bonds is 6. The van der Waals surface area contributed by atoms with Crippen LogP contribution in [-0.4, -0.2) is 22.6 Å². The molecule has 1 aliphatic rings. The lowest BCUT2D eigenvalue weighted by Gasteiger charge is -2.12. The molecule has 2 aromatic carbocycles. The second kappa shape index (κ2) is 7.48. The van der Waals surface area contributed by atoms with E-state index in [2.05, 4.69) is 4.72 Å². The number of para-hydroxylation sites is 1. The van der Waals surface area contributed by atoms with E-state index in [1.54, 1.807) is 36.4 Å². The summed E-state index contributed by atoms with van der Waals surface area (Å²) >= 11 is -1.88. The summed E-state index contributed by atoms with van der Waals surface area (Å²) in [6.07, 6.45) is 0.356. The number of cyclic esters (lactones) is 1. The molecular formula is C18H17NO5S. The minimum atomic E-state index is -1.88. The van der Waals surface area contributed by atoms with Crippen molar-refractivity contribution in [2.45, 2.75) is 13.3 Å². The van der Waals surface area contributed by atoms with E-state index in [9.17, 15) is 13.8 Å². The van der Waals surface area contributed by atoms with E-state index in [-0.39, 0.29) is 18.0 Å². The lowest BCUT2D eigenvalue weighted by atomic mass is 9.95. The number of aryl methyl sites for hydroxylation is 1. The Morgan fingerprint density at radius 1 is 1.20 bits per heavy atom. The highest BCUT2D eigenvalue weighted by Crippen LogP contribution is 2.25. The molecule has 6 nitrogen and oxygen atoms in total. The number of Topliss-reactive ketones (excluding diaryl/α,β-unsaturated/α-hetero) is 1. The number of nitrogens with one attached hydrogen (secondary N) is 1. The molecule has 0 aromatic heterocycles. The summed E-state index contributed by atoms with van der Waals surface area (Å²) in [4.78, 5) is 24.2. The van der Waals surface area contributed by atoms with Crippen LogP contribution in [0.4, 0.5) is 5.69 Å². The highest BCUT2D eigenvalue weighted by molar-refractivity contribution is 7.82. The fourth-order valence-corrected chi connectivity index (χ4v) is 3.19. The molecule has 1 N–H and O–H groups in total. The Bertz CT molecular complexity index is 818. The van der Waals surface area contributed by atoms with E-state index >= 15 is 0 Å². The molecule has 1 heterocycles. The zero-order valence-electron chi connectivity index (χ0n) is 13.6. The number of hydrogen-bond acceptors (Lipinski definition) is 5. The Balaban J connectivity index is 1.74. The predicted molar refractivity (Wildman–Crippen MR) is 93.4 cm³/mol. The second-order valence-electron chi connectivity index (χ2n) is 5.65. The van der Waals surface area contributed by atoms with Crippen LogP contribution in [0.2, 0.25) is 0 Å². The summed E-state index contributed by atoms with van der Waals surface area (Å²) in [6.45, 7) is 2.18. The number of ketones is 1. The Morgan fingerprint density at radius 2 is 1.92 bits per heavy atom. The zero-order chi connectivity index (χ0) is 17.8. The summed E-state index contributed by atoms with van der Waals surface area (Å²) in [6, 6.07) is 13.7. The van der Waals surface area contributed by atoms with E-state index in [0.29, 0.717) is 17.9 Å². The molecule has 2 unspecified atom stereocenters. The molecule has 0 radical (unpaired) electrons. The number of hydrogen-bond donors (Lipinski definition) is 1. The van der Waals surface area contributed by atoms with Crippen LogP contribution in [0.1, 0.15) is 22.3 Å². The topological polar surface area (TPSA) is 81.7 Å². The fraction of sp³-hybridized carbons (Fsp3) is 0.222. The lowest BCUT2D eigenvalue weighted by molar-refractivity contribution is -0.140. The molecule has 130 valence electrons. The first kappa shape index (κ1) is 17.2. The van der Waals surface area contributed by atoms with Crippen molar-refractivity contribution in [1.29, 1.82) is 0 Å². The Labute approximate surface area is 147 Å². The van der Waals surface area contributed by atoms with Crippen LogP contribution < -0.4 is 8.91 Å². The van der Waals surface area contributed by atoms with E-state index in [1.165, 1.54) is 0 Å². The molecule has 25 heavy (non-hydrogen) atoms. The molecule has 0 aliphatic carbocycles. The van der Waals surface area contributed by atoms with Crippen LogP contribution in [0.5, 0.6) is 5.75 Å². The molecule has 3 rings (SSSR count). The second-order valence-corrected chi connectivity index (χ2v) is 6.49. The quantitative estimate of drug-likeness (QED) is 0.487. The first-order valence-electron chi connectivity index (χ1n) is 7.78. The minimum Gasteiger partial charge on any atom is -0.465 e. The van der Waals surface area contributed by atoms with E-state index in [0.717, 1.165) is 5.56 Å². The molecule has 0 saturated carbocycles. The van der Waals surface area contributed by atoms with Gasteiger partial charge in [-0.1, -0.05) is 29.8 Å². The third-order valence-corrected chi connectivity index (χ3v) is 4.56. The van der Waals surface area contributed by atoms with Crippen LogP contribution >= 0.6 is 0 Å². The van der Waals surface area contributed by atoms with Crippen LogP contribution in [0, 0.1) is 12.8 Å². The van der Waals surface area contributed by atoms with Crippen LogP contribution in [0.3, 0.4) is 0 Å². The van der Waals surface area contributed by atoms with Gasteiger partial charge in [0.15, 0.2) is 5.78 Å². The number of anilines is 1. The van der Waals surface area contributed by atoms with Gasteiger partial charge in [0, 0.05) is 12.0 Å². The minimum absolute atomic E-state index is 0.243. The maximum Gasteiger partial charge on any atom is 0.316 e. The van der Waals surface area contributed by atoms with Crippen LogP contribution in [0.15, 0.2) is 48.5 Å². The first-order chi connectivity index (χ1) is 12.0. The van der Waals surface area contributed by atoms with Crippen molar-refractivity contribution < 1.29 is 22.7 Å². The molecular weight excluding hydrogens is 342 g/mol. The molecule has 0 bridgehead atoms. The van der Waals surface area contributed by atoms with Crippen LogP contribution in [-0.2, 0) is 20.8 Å². The van der Waals surface area contributed by atoms with Gasteiger partial charge >= 0.3 is 17.2 Å². The van der Waals surface area contributed by atoms with E-state index in [4.69, 9.17) is 8.92 Å². The lowest BCUT2D eigenvalue weighted by Crippen LogP contribution is -2.21. The molecule has 1 aliphatic heterocycles. The normalized spacial score (nSPS) is 17.6. The molecule has 7 heteroatoms. The highest BCUT2D eigenvalue weighted by Gasteiger charge is 2.34. The number of benzene rings is 2. The summed E-state index contributed by atoms with van der Waals surface area (Å²) in [5.41, 5.74) is 1.69. The largest absolute Gasteiger partial charge is 0.465 e. The van der Waals surface area contributed by atoms with Crippen molar-refractivity contribution in [3.63, 3.8) is 0 Å².